The van der Waals surface area contributed by atoms with Crippen molar-refractivity contribution < 1.29 is 18.0 Å². The number of hydrogen-bond donors (Lipinski definition) is 1. The Morgan fingerprint density at radius 2 is 1.83 bits per heavy atom. The van der Waals surface area contributed by atoms with Gasteiger partial charge in [0, 0.05) is 28.3 Å². The molecule has 124 valence electrons. The Morgan fingerprint density at radius 3 is 2.39 bits per heavy atom. The average molecular weight is 376 g/mol. The Kier molecular flexibility index (Phi) is 4.42. The molecule has 0 spiro atoms. The molecule has 1 aromatic rings. The van der Waals surface area contributed by atoms with E-state index < -0.39 is 27.6 Å². The molecule has 0 radical (unpaired) electrons. The third-order valence-corrected chi connectivity index (χ3v) is 6.10. The maximum atomic E-state index is 12.2. The second-order valence-corrected chi connectivity index (χ2v) is 8.82. The van der Waals surface area contributed by atoms with Gasteiger partial charge in [-0.25, -0.2) is 8.42 Å². The minimum Gasteiger partial charge on any atom is -0.299 e. The molecule has 0 heterocycles. The van der Waals surface area contributed by atoms with E-state index in [2.05, 4.69) is 4.72 Å². The molecule has 2 saturated carbocycles. The summed E-state index contributed by atoms with van der Waals surface area (Å²) in [6, 6.07) is 4.47. The lowest BCUT2D eigenvalue weighted by molar-refractivity contribution is -0.132. The van der Waals surface area contributed by atoms with Crippen molar-refractivity contribution in [2.45, 2.75) is 25.0 Å². The molecule has 3 atom stereocenters. The highest BCUT2D eigenvalue weighted by Gasteiger charge is 2.48. The molecule has 2 bridgehead atoms. The summed E-state index contributed by atoms with van der Waals surface area (Å²) in [5, 5.41) is 0.653. The number of amides is 1. The summed E-state index contributed by atoms with van der Waals surface area (Å²) in [4.78, 5) is 23.9. The molecule has 23 heavy (non-hydrogen) atoms. The summed E-state index contributed by atoms with van der Waals surface area (Å²) in [7, 11) is -3.87. The summed E-state index contributed by atoms with van der Waals surface area (Å²) in [6.45, 7) is 0. The Hall–Kier alpha value is -1.11. The molecule has 0 saturated heterocycles. The summed E-state index contributed by atoms with van der Waals surface area (Å²) < 4.78 is 26.4. The summed E-state index contributed by atoms with van der Waals surface area (Å²) in [5.74, 6) is -1.54. The zero-order valence-corrected chi connectivity index (χ0v) is 14.4. The van der Waals surface area contributed by atoms with Crippen LogP contribution in [0.2, 0.25) is 10.0 Å². The van der Waals surface area contributed by atoms with Crippen molar-refractivity contribution in [3.05, 3.63) is 33.8 Å². The quantitative estimate of drug-likeness (QED) is 0.876. The Balaban J connectivity index is 1.69. The third kappa shape index (κ3) is 3.70. The van der Waals surface area contributed by atoms with Crippen LogP contribution >= 0.6 is 23.2 Å². The smallest absolute Gasteiger partial charge is 0.239 e. The van der Waals surface area contributed by atoms with Gasteiger partial charge >= 0.3 is 0 Å². The molecule has 2 fully saturated rings. The van der Waals surface area contributed by atoms with E-state index in [0.29, 0.717) is 34.9 Å². The molecule has 5 nitrogen and oxygen atoms in total. The van der Waals surface area contributed by atoms with Gasteiger partial charge in [-0.3, -0.25) is 14.3 Å². The van der Waals surface area contributed by atoms with Gasteiger partial charge in [0.05, 0.1) is 5.75 Å². The number of rotatable bonds is 4. The molecule has 1 N–H and O–H groups in total. The lowest BCUT2D eigenvalue weighted by Crippen LogP contribution is -2.40. The van der Waals surface area contributed by atoms with Crippen molar-refractivity contribution in [1.82, 2.24) is 4.72 Å². The maximum Gasteiger partial charge on any atom is 0.239 e. The number of fused-ring (bicyclic) bond motifs is 2. The Bertz CT molecular complexity index is 757. The van der Waals surface area contributed by atoms with Crippen molar-refractivity contribution in [2.24, 2.45) is 17.8 Å². The lowest BCUT2D eigenvalue weighted by atomic mass is 9.87. The highest BCUT2D eigenvalue weighted by atomic mass is 35.5. The summed E-state index contributed by atoms with van der Waals surface area (Å²) in [5.41, 5.74) is 0.395. The third-order valence-electron chi connectivity index (χ3n) is 4.44. The van der Waals surface area contributed by atoms with E-state index in [1.54, 1.807) is 0 Å². The first-order chi connectivity index (χ1) is 10.7. The fourth-order valence-electron chi connectivity index (χ4n) is 3.57. The minimum absolute atomic E-state index is 0.0698. The monoisotopic (exact) mass is 375 g/mol. The molecule has 8 heteroatoms. The van der Waals surface area contributed by atoms with Crippen LogP contribution in [0.4, 0.5) is 0 Å². The van der Waals surface area contributed by atoms with Crippen molar-refractivity contribution >= 4 is 44.9 Å². The molecule has 3 rings (SSSR count). The molecule has 1 aromatic carbocycles. The number of hydrogen-bond acceptors (Lipinski definition) is 4. The average Bonchev–Trinajstić information content (AvgIpc) is 2.94. The van der Waals surface area contributed by atoms with E-state index in [0.717, 1.165) is 0 Å². The fourth-order valence-corrected chi connectivity index (χ4v) is 5.28. The van der Waals surface area contributed by atoms with Gasteiger partial charge in [-0.2, -0.15) is 0 Å². The van der Waals surface area contributed by atoms with Crippen LogP contribution in [0.25, 0.3) is 0 Å². The first-order valence-corrected chi connectivity index (χ1v) is 9.66. The molecule has 1 amide bonds. The lowest BCUT2D eigenvalue weighted by Gasteiger charge is -2.20. The van der Waals surface area contributed by atoms with Crippen LogP contribution in [0.3, 0.4) is 0 Å². The highest BCUT2D eigenvalue weighted by Crippen LogP contribution is 2.46. The van der Waals surface area contributed by atoms with E-state index in [4.69, 9.17) is 23.2 Å². The molecule has 1 unspecified atom stereocenters. The van der Waals surface area contributed by atoms with Crippen LogP contribution in [0, 0.1) is 17.8 Å². The first kappa shape index (κ1) is 16.7. The molecule has 0 aliphatic heterocycles. The minimum atomic E-state index is -3.87. The van der Waals surface area contributed by atoms with Gasteiger partial charge in [0.1, 0.15) is 5.78 Å². The Morgan fingerprint density at radius 1 is 1.17 bits per heavy atom. The number of Topliss-reactive ketones (excluding diaryl/α,β-unsaturated/α-hetero) is 1. The predicted octanol–water partition coefficient (Wildman–Crippen LogP) is 2.55. The number of carbonyl (C=O) groups excluding carboxylic acids is 2. The molecular weight excluding hydrogens is 361 g/mol. The van der Waals surface area contributed by atoms with Gasteiger partial charge in [0.25, 0.3) is 0 Å². The van der Waals surface area contributed by atoms with Crippen LogP contribution in [0.1, 0.15) is 24.8 Å². The number of halogens is 2. The largest absolute Gasteiger partial charge is 0.299 e. The zero-order chi connectivity index (χ0) is 16.8. The second kappa shape index (κ2) is 6.07. The van der Waals surface area contributed by atoms with Crippen molar-refractivity contribution in [2.75, 3.05) is 0 Å². The van der Waals surface area contributed by atoms with E-state index in [1.165, 1.54) is 18.2 Å². The highest BCUT2D eigenvalue weighted by molar-refractivity contribution is 7.89. The number of sulfonamides is 1. The van der Waals surface area contributed by atoms with Gasteiger partial charge in [0.15, 0.2) is 0 Å². The molecular formula is C15H15Cl2NO4S. The topological polar surface area (TPSA) is 80.3 Å². The van der Waals surface area contributed by atoms with E-state index in [1.807, 2.05) is 0 Å². The predicted molar refractivity (Wildman–Crippen MR) is 86.6 cm³/mol. The Labute approximate surface area is 144 Å². The number of benzene rings is 1. The fraction of sp³-hybridized carbons (Fsp3) is 0.467. The van der Waals surface area contributed by atoms with Gasteiger partial charge in [-0.05, 0) is 42.5 Å². The standard InChI is InChI=1S/C15H15Cl2NO4S/c16-10-1-9(2-11(17)6-10)7-23(21,22)18-15(20)13-4-8-3-12(13)14(19)5-8/h1-2,6,8,12-13H,3-5,7H2,(H,18,20)/t8-,12+,13?/m0/s1. The first-order valence-electron chi connectivity index (χ1n) is 7.25. The molecule has 2 aliphatic carbocycles. The van der Waals surface area contributed by atoms with Crippen molar-refractivity contribution in [3.63, 3.8) is 0 Å². The molecule has 2 aliphatic rings. The van der Waals surface area contributed by atoms with Crippen molar-refractivity contribution in [1.29, 1.82) is 0 Å². The van der Waals surface area contributed by atoms with Gasteiger partial charge < -0.3 is 0 Å². The number of nitrogens with one attached hydrogen (secondary N) is 1. The van der Waals surface area contributed by atoms with E-state index in [-0.39, 0.29) is 17.6 Å². The van der Waals surface area contributed by atoms with Crippen LogP contribution < -0.4 is 4.72 Å². The number of carbonyl (C=O) groups is 2. The maximum absolute atomic E-state index is 12.2. The zero-order valence-electron chi connectivity index (χ0n) is 12.1. The van der Waals surface area contributed by atoms with Crippen LogP contribution in [0.5, 0.6) is 0 Å². The number of ketones is 1. The van der Waals surface area contributed by atoms with Gasteiger partial charge in [-0.1, -0.05) is 23.2 Å². The molecule has 0 aromatic heterocycles. The van der Waals surface area contributed by atoms with Crippen molar-refractivity contribution in [3.8, 4) is 0 Å². The van der Waals surface area contributed by atoms with Gasteiger partial charge in [-0.15, -0.1) is 0 Å². The second-order valence-electron chi connectivity index (χ2n) is 6.22. The van der Waals surface area contributed by atoms with Crippen LogP contribution in [-0.4, -0.2) is 20.1 Å². The van der Waals surface area contributed by atoms with Crippen LogP contribution in [0.15, 0.2) is 18.2 Å². The summed E-state index contributed by atoms with van der Waals surface area (Å²) in [6.07, 6.45) is 1.80. The SMILES string of the molecule is O=C(NS(=O)(=O)Cc1cc(Cl)cc(Cl)c1)C1C[C@H]2CC(=O)[C@@H]1C2. The summed E-state index contributed by atoms with van der Waals surface area (Å²) >= 11 is 11.7. The van der Waals surface area contributed by atoms with E-state index in [9.17, 15) is 18.0 Å². The van der Waals surface area contributed by atoms with Crippen LogP contribution in [-0.2, 0) is 25.4 Å². The van der Waals surface area contributed by atoms with E-state index >= 15 is 0 Å². The normalized spacial score (nSPS) is 26.5. The van der Waals surface area contributed by atoms with Gasteiger partial charge in [0.2, 0.25) is 15.9 Å².